The SMILES string of the molecule is CCCCc1nc(Cl)c(CN2C[C@H](O)C[C@H](NC(=O)c3ccc(C)cc3)C2)[nH]1. The van der Waals surface area contributed by atoms with Gasteiger partial charge in [-0.25, -0.2) is 4.98 Å². The molecular weight excluding hydrogens is 376 g/mol. The summed E-state index contributed by atoms with van der Waals surface area (Å²) >= 11 is 6.29. The van der Waals surface area contributed by atoms with Crippen LogP contribution in [0.2, 0.25) is 5.15 Å². The van der Waals surface area contributed by atoms with Gasteiger partial charge in [0.2, 0.25) is 0 Å². The highest BCUT2D eigenvalue weighted by Crippen LogP contribution is 2.20. The molecule has 1 aromatic carbocycles. The minimum Gasteiger partial charge on any atom is -0.392 e. The van der Waals surface area contributed by atoms with Crippen molar-refractivity contribution in [1.82, 2.24) is 20.2 Å². The van der Waals surface area contributed by atoms with Gasteiger partial charge in [-0.15, -0.1) is 0 Å². The normalized spacial score (nSPS) is 20.3. The molecule has 1 aliphatic heterocycles. The molecule has 2 heterocycles. The van der Waals surface area contributed by atoms with Crippen LogP contribution in [-0.2, 0) is 13.0 Å². The van der Waals surface area contributed by atoms with E-state index in [9.17, 15) is 9.90 Å². The number of carbonyl (C=O) groups is 1. The maximum atomic E-state index is 12.5. The third-order valence-electron chi connectivity index (χ3n) is 5.08. The van der Waals surface area contributed by atoms with Crippen LogP contribution in [0.1, 0.15) is 53.6 Å². The van der Waals surface area contributed by atoms with E-state index in [1.165, 1.54) is 0 Å². The van der Waals surface area contributed by atoms with Crippen LogP contribution >= 0.6 is 11.6 Å². The number of rotatable bonds is 7. The van der Waals surface area contributed by atoms with Crippen LogP contribution in [0.4, 0.5) is 0 Å². The van der Waals surface area contributed by atoms with Crippen molar-refractivity contribution < 1.29 is 9.90 Å². The molecule has 2 aromatic rings. The average Bonchev–Trinajstić information content (AvgIpc) is 2.99. The molecule has 1 aliphatic rings. The molecule has 152 valence electrons. The number of aryl methyl sites for hydroxylation is 2. The highest BCUT2D eigenvalue weighted by Gasteiger charge is 2.28. The van der Waals surface area contributed by atoms with Crippen LogP contribution in [0.25, 0.3) is 0 Å². The van der Waals surface area contributed by atoms with E-state index in [1.807, 2.05) is 31.2 Å². The number of aliphatic hydroxyl groups excluding tert-OH is 1. The number of carbonyl (C=O) groups excluding carboxylic acids is 1. The van der Waals surface area contributed by atoms with E-state index >= 15 is 0 Å². The number of amides is 1. The van der Waals surface area contributed by atoms with Crippen LogP contribution in [0.5, 0.6) is 0 Å². The topological polar surface area (TPSA) is 81.2 Å². The third-order valence-corrected chi connectivity index (χ3v) is 5.39. The summed E-state index contributed by atoms with van der Waals surface area (Å²) < 4.78 is 0. The van der Waals surface area contributed by atoms with Gasteiger partial charge in [-0.2, -0.15) is 0 Å². The van der Waals surface area contributed by atoms with Gasteiger partial charge >= 0.3 is 0 Å². The van der Waals surface area contributed by atoms with Gasteiger partial charge in [0.1, 0.15) is 5.82 Å². The van der Waals surface area contributed by atoms with Crippen LogP contribution in [0.15, 0.2) is 24.3 Å². The Labute approximate surface area is 171 Å². The summed E-state index contributed by atoms with van der Waals surface area (Å²) in [5, 5.41) is 13.8. The molecule has 1 aromatic heterocycles. The molecule has 1 saturated heterocycles. The summed E-state index contributed by atoms with van der Waals surface area (Å²) in [7, 11) is 0. The van der Waals surface area contributed by atoms with Gasteiger partial charge in [-0.3, -0.25) is 9.69 Å². The van der Waals surface area contributed by atoms with Gasteiger partial charge < -0.3 is 15.4 Å². The number of nitrogens with one attached hydrogen (secondary N) is 2. The van der Waals surface area contributed by atoms with Gasteiger partial charge in [0.05, 0.1) is 11.8 Å². The molecule has 6 nitrogen and oxygen atoms in total. The highest BCUT2D eigenvalue weighted by molar-refractivity contribution is 6.30. The standard InChI is InChI=1S/C21H29ClN4O2/c1-3-4-5-19-24-18(20(22)25-19)13-26-11-16(10-17(27)12-26)23-21(28)15-8-6-14(2)7-9-15/h6-9,16-17,27H,3-5,10-13H2,1-2H3,(H,23,28)(H,24,25)/t16-,17+/m0/s1. The number of piperidine rings is 1. The smallest absolute Gasteiger partial charge is 0.251 e. The fraction of sp³-hybridized carbons (Fsp3) is 0.524. The second-order valence-corrected chi connectivity index (χ2v) is 8.03. The molecule has 0 bridgehead atoms. The Bertz CT molecular complexity index is 790. The Morgan fingerprint density at radius 2 is 2.11 bits per heavy atom. The summed E-state index contributed by atoms with van der Waals surface area (Å²) in [6.07, 6.45) is 3.12. The van der Waals surface area contributed by atoms with Crippen LogP contribution in [0, 0.1) is 6.92 Å². The van der Waals surface area contributed by atoms with Crippen LogP contribution in [0.3, 0.4) is 0 Å². The molecule has 3 N–H and O–H groups in total. The lowest BCUT2D eigenvalue weighted by Gasteiger charge is -2.35. The quantitative estimate of drug-likeness (QED) is 0.662. The number of unbranched alkanes of at least 4 members (excludes halogenated alkanes) is 1. The van der Waals surface area contributed by atoms with Crippen LogP contribution < -0.4 is 5.32 Å². The number of nitrogens with zero attached hydrogens (tertiary/aromatic N) is 2. The maximum absolute atomic E-state index is 12.5. The average molecular weight is 405 g/mol. The first-order valence-electron chi connectivity index (χ1n) is 9.95. The zero-order valence-corrected chi connectivity index (χ0v) is 17.3. The van der Waals surface area contributed by atoms with E-state index in [2.05, 4.69) is 27.1 Å². The van der Waals surface area contributed by atoms with Crippen molar-refractivity contribution in [3.63, 3.8) is 0 Å². The highest BCUT2D eigenvalue weighted by atomic mass is 35.5. The van der Waals surface area contributed by atoms with Crippen molar-refractivity contribution in [2.24, 2.45) is 0 Å². The first-order valence-corrected chi connectivity index (χ1v) is 10.3. The summed E-state index contributed by atoms with van der Waals surface area (Å²) in [5.74, 6) is 0.795. The number of aromatic amines is 1. The van der Waals surface area contributed by atoms with E-state index in [0.29, 0.717) is 36.8 Å². The minimum absolute atomic E-state index is 0.111. The third kappa shape index (κ3) is 5.56. The monoisotopic (exact) mass is 404 g/mol. The largest absolute Gasteiger partial charge is 0.392 e. The molecule has 1 amide bonds. The molecule has 0 unspecified atom stereocenters. The molecule has 2 atom stereocenters. The van der Waals surface area contributed by atoms with Gasteiger partial charge in [-0.1, -0.05) is 42.6 Å². The van der Waals surface area contributed by atoms with E-state index in [0.717, 1.165) is 36.3 Å². The zero-order valence-electron chi connectivity index (χ0n) is 16.5. The Morgan fingerprint density at radius 3 is 2.82 bits per heavy atom. The number of likely N-dealkylation sites (tertiary alicyclic amines) is 1. The Balaban J connectivity index is 1.60. The predicted molar refractivity (Wildman–Crippen MR) is 111 cm³/mol. The number of benzene rings is 1. The molecule has 0 spiro atoms. The Morgan fingerprint density at radius 1 is 1.36 bits per heavy atom. The van der Waals surface area contributed by atoms with Crippen molar-refractivity contribution in [3.8, 4) is 0 Å². The fourth-order valence-corrected chi connectivity index (χ4v) is 3.81. The van der Waals surface area contributed by atoms with E-state index < -0.39 is 6.10 Å². The molecule has 0 saturated carbocycles. The van der Waals surface area contributed by atoms with Crippen molar-refractivity contribution in [2.75, 3.05) is 13.1 Å². The number of halogens is 1. The summed E-state index contributed by atoms with van der Waals surface area (Å²) in [6.45, 7) is 5.92. The van der Waals surface area contributed by atoms with E-state index in [1.54, 1.807) is 0 Å². The first kappa shape index (κ1) is 20.8. The zero-order chi connectivity index (χ0) is 20.1. The first-order chi connectivity index (χ1) is 13.4. The van der Waals surface area contributed by atoms with Gasteiger partial charge in [0.15, 0.2) is 5.15 Å². The lowest BCUT2D eigenvalue weighted by atomic mass is 10.0. The summed E-state index contributed by atoms with van der Waals surface area (Å²) in [6, 6.07) is 7.38. The van der Waals surface area contributed by atoms with Crippen molar-refractivity contribution in [3.05, 3.63) is 52.1 Å². The molecule has 1 fully saturated rings. The van der Waals surface area contributed by atoms with Gasteiger partial charge in [0, 0.05) is 37.7 Å². The molecule has 0 radical (unpaired) electrons. The second kappa shape index (κ2) is 9.54. The number of hydrogen-bond donors (Lipinski definition) is 3. The number of imidazole rings is 1. The van der Waals surface area contributed by atoms with Gasteiger partial charge in [0.25, 0.3) is 5.91 Å². The number of H-pyrrole nitrogens is 1. The summed E-state index contributed by atoms with van der Waals surface area (Å²) in [4.78, 5) is 22.3. The molecule has 3 rings (SSSR count). The summed E-state index contributed by atoms with van der Waals surface area (Å²) in [5.41, 5.74) is 2.62. The lowest BCUT2D eigenvalue weighted by Crippen LogP contribution is -2.52. The Kier molecular flexibility index (Phi) is 7.10. The maximum Gasteiger partial charge on any atom is 0.251 e. The number of β-amino-alcohol motifs (C(OH)–C–C–N with tert-alkyl or cyclic N) is 1. The van der Waals surface area contributed by atoms with Crippen molar-refractivity contribution >= 4 is 17.5 Å². The molecule has 28 heavy (non-hydrogen) atoms. The molecular formula is C21H29ClN4O2. The predicted octanol–water partition coefficient (Wildman–Crippen LogP) is 3.08. The second-order valence-electron chi connectivity index (χ2n) is 7.68. The minimum atomic E-state index is -0.488. The fourth-order valence-electron chi connectivity index (χ4n) is 3.60. The van der Waals surface area contributed by atoms with Gasteiger partial charge in [-0.05, 0) is 31.9 Å². The van der Waals surface area contributed by atoms with Crippen molar-refractivity contribution in [2.45, 2.75) is 58.2 Å². The molecule has 0 aliphatic carbocycles. The number of aliphatic hydroxyl groups is 1. The number of aromatic nitrogens is 2. The van der Waals surface area contributed by atoms with E-state index in [-0.39, 0.29) is 11.9 Å². The molecule has 7 heteroatoms. The Hall–Kier alpha value is -1.89. The van der Waals surface area contributed by atoms with E-state index in [4.69, 9.17) is 11.6 Å². The van der Waals surface area contributed by atoms with Crippen LogP contribution in [-0.4, -0.2) is 51.1 Å². The van der Waals surface area contributed by atoms with Crippen molar-refractivity contribution in [1.29, 1.82) is 0 Å². The number of hydrogen-bond acceptors (Lipinski definition) is 4. The lowest BCUT2D eigenvalue weighted by molar-refractivity contribution is 0.0455.